The van der Waals surface area contributed by atoms with Gasteiger partial charge in [0.2, 0.25) is 0 Å². The van der Waals surface area contributed by atoms with Crippen LogP contribution in [-0.2, 0) is 4.74 Å². The van der Waals surface area contributed by atoms with Crippen molar-refractivity contribution < 1.29 is 14.6 Å². The summed E-state index contributed by atoms with van der Waals surface area (Å²) in [5.41, 5.74) is 2.20. The molecule has 1 amide bonds. The summed E-state index contributed by atoms with van der Waals surface area (Å²) >= 11 is 0. The van der Waals surface area contributed by atoms with Crippen LogP contribution in [0, 0.1) is 18.3 Å². The molecule has 1 aromatic carbocycles. The quantitative estimate of drug-likeness (QED) is 0.868. The van der Waals surface area contributed by atoms with Crippen LogP contribution in [0.2, 0.25) is 0 Å². The van der Waals surface area contributed by atoms with Crippen molar-refractivity contribution in [3.8, 4) is 0 Å². The molecule has 3 aliphatic rings. The maximum atomic E-state index is 12.8. The Balaban J connectivity index is 1.27. The first-order chi connectivity index (χ1) is 13.4. The fourth-order valence-electron chi connectivity index (χ4n) is 4.99. The maximum Gasteiger partial charge on any atom is 0.253 e. The van der Waals surface area contributed by atoms with E-state index in [4.69, 9.17) is 4.74 Å². The molecule has 0 aliphatic carbocycles. The average molecular weight is 387 g/mol. The zero-order valence-electron chi connectivity index (χ0n) is 17.3. The molecule has 0 bridgehead atoms. The number of rotatable bonds is 3. The molecule has 154 valence electrons. The first-order valence-corrected chi connectivity index (χ1v) is 10.8. The topological polar surface area (TPSA) is 53.0 Å². The molecular weight excluding hydrogens is 352 g/mol. The molecule has 1 spiro atoms. The molecule has 0 radical (unpaired) electrons. The van der Waals surface area contributed by atoms with Gasteiger partial charge >= 0.3 is 0 Å². The number of hydrogen-bond acceptors (Lipinski definition) is 4. The lowest BCUT2D eigenvalue weighted by Gasteiger charge is -2.39. The minimum atomic E-state index is -0.208. The van der Waals surface area contributed by atoms with Crippen molar-refractivity contribution >= 4 is 5.91 Å². The molecule has 3 atom stereocenters. The Labute approximate surface area is 168 Å². The molecule has 3 heterocycles. The summed E-state index contributed by atoms with van der Waals surface area (Å²) in [6.45, 7) is 9.39. The minimum Gasteiger partial charge on any atom is -0.392 e. The van der Waals surface area contributed by atoms with Crippen LogP contribution in [0.1, 0.15) is 48.5 Å². The monoisotopic (exact) mass is 386 g/mol. The molecule has 0 saturated carbocycles. The van der Waals surface area contributed by atoms with E-state index in [2.05, 4.69) is 11.8 Å². The third-order valence-corrected chi connectivity index (χ3v) is 7.16. The van der Waals surface area contributed by atoms with E-state index in [0.717, 1.165) is 70.6 Å². The molecule has 3 aliphatic heterocycles. The number of carbonyl (C=O) groups is 1. The van der Waals surface area contributed by atoms with Gasteiger partial charge in [0.25, 0.3) is 5.91 Å². The fraction of sp³-hybridized carbons (Fsp3) is 0.696. The van der Waals surface area contributed by atoms with Gasteiger partial charge in [0.15, 0.2) is 0 Å². The van der Waals surface area contributed by atoms with E-state index < -0.39 is 0 Å². The smallest absolute Gasteiger partial charge is 0.253 e. The van der Waals surface area contributed by atoms with Crippen molar-refractivity contribution in [2.45, 2.75) is 51.7 Å². The van der Waals surface area contributed by atoms with Crippen molar-refractivity contribution in [1.29, 1.82) is 0 Å². The summed E-state index contributed by atoms with van der Waals surface area (Å²) in [6.07, 6.45) is 4.26. The van der Waals surface area contributed by atoms with E-state index in [1.54, 1.807) is 0 Å². The van der Waals surface area contributed by atoms with E-state index in [-0.39, 0.29) is 23.5 Å². The Morgan fingerprint density at radius 3 is 2.61 bits per heavy atom. The van der Waals surface area contributed by atoms with Gasteiger partial charge in [-0.15, -0.1) is 0 Å². The van der Waals surface area contributed by atoms with Crippen LogP contribution in [0.15, 0.2) is 24.3 Å². The van der Waals surface area contributed by atoms with E-state index in [0.29, 0.717) is 5.92 Å². The summed E-state index contributed by atoms with van der Waals surface area (Å²) in [5, 5.41) is 10.1. The highest BCUT2D eigenvalue weighted by Gasteiger charge is 2.43. The molecule has 4 rings (SSSR count). The van der Waals surface area contributed by atoms with Crippen molar-refractivity contribution in [2.24, 2.45) is 11.3 Å². The molecule has 0 unspecified atom stereocenters. The van der Waals surface area contributed by atoms with Crippen LogP contribution in [-0.4, -0.2) is 72.4 Å². The zero-order valence-corrected chi connectivity index (χ0v) is 17.3. The number of hydrogen-bond donors (Lipinski definition) is 1. The maximum absolute atomic E-state index is 12.8. The van der Waals surface area contributed by atoms with E-state index in [1.807, 2.05) is 36.1 Å². The van der Waals surface area contributed by atoms with Crippen LogP contribution in [0.25, 0.3) is 0 Å². The summed E-state index contributed by atoms with van der Waals surface area (Å²) in [4.78, 5) is 17.1. The van der Waals surface area contributed by atoms with Crippen molar-refractivity contribution in [3.05, 3.63) is 35.4 Å². The molecule has 5 heteroatoms. The normalized spacial score (nSPS) is 30.7. The number of carbonyl (C=O) groups excluding carboxylic acids is 1. The lowest BCUT2D eigenvalue weighted by atomic mass is 9.76. The second-order valence-electron chi connectivity index (χ2n) is 9.39. The summed E-state index contributed by atoms with van der Waals surface area (Å²) in [7, 11) is 0. The van der Waals surface area contributed by atoms with E-state index >= 15 is 0 Å². The van der Waals surface area contributed by atoms with Gasteiger partial charge < -0.3 is 14.7 Å². The number of likely N-dealkylation sites (tertiary alicyclic amines) is 2. The van der Waals surface area contributed by atoms with Crippen molar-refractivity contribution in [3.63, 3.8) is 0 Å². The number of benzene rings is 1. The molecule has 3 saturated heterocycles. The van der Waals surface area contributed by atoms with Gasteiger partial charge in [-0.25, -0.2) is 0 Å². The van der Waals surface area contributed by atoms with Crippen LogP contribution in [0.4, 0.5) is 0 Å². The second kappa shape index (κ2) is 8.13. The Kier molecular flexibility index (Phi) is 5.77. The Bertz CT molecular complexity index is 682. The van der Waals surface area contributed by atoms with E-state index in [1.165, 1.54) is 5.56 Å². The Morgan fingerprint density at radius 2 is 1.93 bits per heavy atom. The molecule has 1 N–H and O–H groups in total. The van der Waals surface area contributed by atoms with Gasteiger partial charge in [-0.3, -0.25) is 9.69 Å². The molecule has 1 aromatic rings. The lowest BCUT2D eigenvalue weighted by molar-refractivity contribution is 0.000908. The number of aryl methyl sites for hydroxylation is 1. The lowest BCUT2D eigenvalue weighted by Crippen LogP contribution is -2.46. The van der Waals surface area contributed by atoms with Crippen LogP contribution in [0.3, 0.4) is 0 Å². The predicted molar refractivity (Wildman–Crippen MR) is 109 cm³/mol. The summed E-state index contributed by atoms with van der Waals surface area (Å²) < 4.78 is 6.18. The number of aliphatic hydroxyl groups is 1. The summed E-state index contributed by atoms with van der Waals surface area (Å²) in [6, 6.07) is 7.88. The highest BCUT2D eigenvalue weighted by molar-refractivity contribution is 5.94. The van der Waals surface area contributed by atoms with Crippen LogP contribution < -0.4 is 0 Å². The number of amides is 1. The van der Waals surface area contributed by atoms with Gasteiger partial charge in [-0.05, 0) is 62.6 Å². The fourth-order valence-corrected chi connectivity index (χ4v) is 4.99. The molecule has 28 heavy (non-hydrogen) atoms. The minimum absolute atomic E-state index is 0.154. The van der Waals surface area contributed by atoms with Crippen LogP contribution in [0.5, 0.6) is 0 Å². The summed E-state index contributed by atoms with van der Waals surface area (Å²) in [5.74, 6) is 0.559. The third-order valence-electron chi connectivity index (χ3n) is 7.16. The third kappa shape index (κ3) is 4.27. The first-order valence-electron chi connectivity index (χ1n) is 10.8. The van der Waals surface area contributed by atoms with Gasteiger partial charge in [0, 0.05) is 31.7 Å². The van der Waals surface area contributed by atoms with Crippen molar-refractivity contribution in [1.82, 2.24) is 9.80 Å². The van der Waals surface area contributed by atoms with Gasteiger partial charge in [-0.2, -0.15) is 0 Å². The Morgan fingerprint density at radius 1 is 1.21 bits per heavy atom. The number of β-amino-alcohol motifs (C(OH)–C–C–N with tert-alkyl or cyclic N) is 1. The van der Waals surface area contributed by atoms with Gasteiger partial charge in [-0.1, -0.05) is 24.6 Å². The number of aliphatic hydroxyl groups excluding tert-OH is 1. The molecule has 5 nitrogen and oxygen atoms in total. The van der Waals surface area contributed by atoms with Gasteiger partial charge in [0.05, 0.1) is 18.8 Å². The Hall–Kier alpha value is -1.43. The van der Waals surface area contributed by atoms with E-state index in [9.17, 15) is 9.90 Å². The predicted octanol–water partition coefficient (Wildman–Crippen LogP) is 2.71. The largest absolute Gasteiger partial charge is 0.392 e. The SMILES string of the molecule is Cc1ccc(C(=O)N2CCC3(CC2)CO[C@@H](CN2CC[C@@H](C)[C@H](O)C2)C3)cc1. The average Bonchev–Trinajstić information content (AvgIpc) is 3.07. The van der Waals surface area contributed by atoms with Crippen LogP contribution >= 0.6 is 0 Å². The van der Waals surface area contributed by atoms with Gasteiger partial charge in [0.1, 0.15) is 0 Å². The number of piperidine rings is 2. The highest BCUT2D eigenvalue weighted by Crippen LogP contribution is 2.42. The zero-order chi connectivity index (χ0) is 19.7. The number of nitrogens with zero attached hydrogens (tertiary/aromatic N) is 2. The molecule has 3 fully saturated rings. The molecular formula is C23H34N2O3. The second-order valence-corrected chi connectivity index (χ2v) is 9.39. The first kappa shape index (κ1) is 19.9. The standard InChI is InChI=1S/C23H34N2O3/c1-17-3-5-19(6-4-17)22(27)25-11-8-23(9-12-25)13-20(28-16-23)14-24-10-7-18(2)21(26)15-24/h3-6,18,20-21,26H,7-16H2,1-2H3/t18-,20-,21-/m1/s1. The number of ether oxygens (including phenoxy) is 1. The highest BCUT2D eigenvalue weighted by atomic mass is 16.5. The van der Waals surface area contributed by atoms with Crippen molar-refractivity contribution in [2.75, 3.05) is 39.3 Å². The molecule has 0 aromatic heterocycles.